The number of fused-ring (bicyclic) bond motifs is 3. The number of aliphatic hydroxyl groups excluding tert-OH is 1. The summed E-state index contributed by atoms with van der Waals surface area (Å²) >= 11 is 0. The molecule has 3 heterocycles. The number of hydrogen-bond acceptors (Lipinski definition) is 7. The third-order valence-electron chi connectivity index (χ3n) is 10.2. The highest BCUT2D eigenvalue weighted by Crippen LogP contribution is 2.46. The topological polar surface area (TPSA) is 121 Å². The van der Waals surface area contributed by atoms with Crippen LogP contribution in [0.2, 0.25) is 0 Å². The highest BCUT2D eigenvalue weighted by Gasteiger charge is 2.52. The molecule has 1 aromatic heterocycles. The zero-order chi connectivity index (χ0) is 37.2. The number of rotatable bonds is 11. The number of amides is 2. The summed E-state index contributed by atoms with van der Waals surface area (Å²) < 4.78 is 7.92. The van der Waals surface area contributed by atoms with Gasteiger partial charge in [0, 0.05) is 29.9 Å². The van der Waals surface area contributed by atoms with E-state index in [1.54, 1.807) is 32.7 Å². The lowest BCUT2D eigenvalue weighted by molar-refractivity contribution is -0.139. The van der Waals surface area contributed by atoms with Gasteiger partial charge in [-0.1, -0.05) is 109 Å². The van der Waals surface area contributed by atoms with E-state index in [2.05, 4.69) is 10.3 Å². The van der Waals surface area contributed by atoms with E-state index < -0.39 is 17.4 Å². The van der Waals surface area contributed by atoms with E-state index in [0.29, 0.717) is 58.3 Å². The summed E-state index contributed by atoms with van der Waals surface area (Å²) in [7, 11) is 0. The Bertz CT molecular complexity index is 2360. The molecule has 5 aromatic carbocycles. The zero-order valence-electron chi connectivity index (χ0n) is 29.7. The molecule has 3 atom stereocenters. The molecule has 0 bridgehead atoms. The van der Waals surface area contributed by atoms with Crippen molar-refractivity contribution in [2.75, 3.05) is 16.4 Å². The van der Waals surface area contributed by atoms with Crippen molar-refractivity contribution in [2.24, 2.45) is 5.92 Å². The van der Waals surface area contributed by atoms with Gasteiger partial charge in [0.2, 0.25) is 0 Å². The highest BCUT2D eigenvalue weighted by molar-refractivity contribution is 6.14. The van der Waals surface area contributed by atoms with Crippen LogP contribution in [0, 0.1) is 5.92 Å². The molecule has 0 radical (unpaired) electrons. The van der Waals surface area contributed by atoms with Gasteiger partial charge in [-0.3, -0.25) is 19.2 Å². The van der Waals surface area contributed by atoms with E-state index in [1.807, 2.05) is 134 Å². The molecule has 6 aromatic rings. The van der Waals surface area contributed by atoms with E-state index in [0.717, 1.165) is 11.1 Å². The monoisotopic (exact) mass is 717 g/mol. The molecule has 0 spiro atoms. The minimum absolute atomic E-state index is 0.0756. The molecule has 2 aliphatic heterocycles. The minimum Gasteiger partial charge on any atom is -0.454 e. The van der Waals surface area contributed by atoms with Crippen LogP contribution >= 0.6 is 0 Å². The van der Waals surface area contributed by atoms with E-state index >= 15 is 0 Å². The number of para-hydroxylation sites is 4. The second kappa shape index (κ2) is 14.6. The van der Waals surface area contributed by atoms with Crippen molar-refractivity contribution in [1.82, 2.24) is 15.0 Å². The molecule has 2 amide bonds. The molecule has 1 unspecified atom stereocenters. The van der Waals surface area contributed by atoms with Gasteiger partial charge in [-0.05, 0) is 60.0 Å². The number of carbonyl (C=O) groups excluding carboxylic acids is 2. The van der Waals surface area contributed by atoms with Crippen molar-refractivity contribution >= 4 is 28.9 Å². The highest BCUT2D eigenvalue weighted by atomic mass is 16.5. The van der Waals surface area contributed by atoms with Gasteiger partial charge >= 0.3 is 0 Å². The number of nitrogens with zero attached hydrogens (tertiary/aromatic N) is 5. The predicted molar refractivity (Wildman–Crippen MR) is 206 cm³/mol. The predicted octanol–water partition coefficient (Wildman–Crippen LogP) is 7.50. The Kier molecular flexibility index (Phi) is 9.37. The summed E-state index contributed by atoms with van der Waals surface area (Å²) in [5.74, 6) is -0.404. The fourth-order valence-corrected chi connectivity index (χ4v) is 7.38. The van der Waals surface area contributed by atoms with Crippen molar-refractivity contribution in [3.05, 3.63) is 174 Å². The summed E-state index contributed by atoms with van der Waals surface area (Å²) in [4.78, 5) is 31.6. The van der Waals surface area contributed by atoms with Crippen molar-refractivity contribution in [1.29, 1.82) is 0 Å². The Morgan fingerprint density at radius 2 is 1.56 bits per heavy atom. The number of aryl methyl sites for hydroxylation is 1. The minimum atomic E-state index is -1.78. The van der Waals surface area contributed by atoms with Crippen molar-refractivity contribution in [2.45, 2.75) is 38.0 Å². The maximum Gasteiger partial charge on any atom is 0.266 e. The molecule has 10 heteroatoms. The molecule has 54 heavy (non-hydrogen) atoms. The molecule has 0 aliphatic carbocycles. The van der Waals surface area contributed by atoms with Crippen LogP contribution in [0.5, 0.6) is 11.5 Å². The lowest BCUT2D eigenvalue weighted by Crippen LogP contribution is -2.44. The first-order valence-corrected chi connectivity index (χ1v) is 18.0. The van der Waals surface area contributed by atoms with Gasteiger partial charge in [0.15, 0.2) is 11.4 Å². The van der Waals surface area contributed by atoms with Crippen LogP contribution in [0.1, 0.15) is 52.0 Å². The summed E-state index contributed by atoms with van der Waals surface area (Å²) in [6.07, 6.45) is 6.26. The summed E-state index contributed by atoms with van der Waals surface area (Å²) in [5.41, 5.74) is 3.53. The largest absolute Gasteiger partial charge is 0.454 e. The van der Waals surface area contributed by atoms with Gasteiger partial charge in [-0.2, -0.15) is 0 Å². The summed E-state index contributed by atoms with van der Waals surface area (Å²) in [6, 6.07) is 39.2. The van der Waals surface area contributed by atoms with Crippen molar-refractivity contribution < 1.29 is 24.5 Å². The maximum absolute atomic E-state index is 14.3. The fourth-order valence-electron chi connectivity index (χ4n) is 7.38. The summed E-state index contributed by atoms with van der Waals surface area (Å²) in [6.45, 7) is 2.49. The third kappa shape index (κ3) is 6.25. The first-order chi connectivity index (χ1) is 26.4. The fraction of sp³-hybridized carbons (Fsp3) is 0.182. The van der Waals surface area contributed by atoms with Gasteiger partial charge in [-0.25, -0.2) is 0 Å². The first-order valence-electron chi connectivity index (χ1n) is 18.0. The van der Waals surface area contributed by atoms with Crippen LogP contribution in [0.4, 0.5) is 17.1 Å². The standard InChI is InChI=1S/C44H39N5O5/c1-30(14-11-12-25-47-28-37(45-46-47)35(29-50)32-16-3-2-4-17-32)44(53)36-20-6-7-21-38(36)48(43(44)52)27-31-15-13-18-33(26-31)49-39-22-8-10-24-41(39)54-40-23-9-5-19-34(40)42(49)51/h2-11,13-24,26,28,30,35,50,53H,12,25,27,29H2,1H3/b14-11+/t30-,35?,44+/m1/s1. The second-order valence-corrected chi connectivity index (χ2v) is 13.6. The van der Waals surface area contributed by atoms with Crippen LogP contribution in [0.3, 0.4) is 0 Å². The average Bonchev–Trinajstić information content (AvgIpc) is 3.71. The van der Waals surface area contributed by atoms with E-state index in [9.17, 15) is 19.8 Å². The molecule has 0 saturated heterocycles. The average molecular weight is 718 g/mol. The van der Waals surface area contributed by atoms with Crippen molar-refractivity contribution in [3.8, 4) is 11.5 Å². The first kappa shape index (κ1) is 34.7. The van der Waals surface area contributed by atoms with Gasteiger partial charge in [0.05, 0.1) is 41.7 Å². The van der Waals surface area contributed by atoms with Crippen LogP contribution < -0.4 is 14.5 Å². The zero-order valence-corrected chi connectivity index (χ0v) is 29.7. The molecule has 8 rings (SSSR count). The molecule has 0 fully saturated rings. The van der Waals surface area contributed by atoms with Crippen LogP contribution in [-0.4, -0.2) is 43.6 Å². The van der Waals surface area contributed by atoms with Crippen LogP contribution in [0.15, 0.2) is 146 Å². The van der Waals surface area contributed by atoms with E-state index in [1.165, 1.54) is 0 Å². The number of allylic oxidation sites excluding steroid dienone is 1. The molecule has 2 aliphatic rings. The Morgan fingerprint density at radius 3 is 2.37 bits per heavy atom. The maximum atomic E-state index is 14.3. The van der Waals surface area contributed by atoms with Gasteiger partial charge in [0.25, 0.3) is 11.8 Å². The number of aliphatic hydroxyl groups is 2. The Balaban J connectivity index is 1.00. The van der Waals surface area contributed by atoms with E-state index in [4.69, 9.17) is 4.74 Å². The van der Waals surface area contributed by atoms with Gasteiger partial charge in [-0.15, -0.1) is 5.10 Å². The molecule has 270 valence electrons. The number of carbonyl (C=O) groups is 2. The molecule has 0 saturated carbocycles. The SMILES string of the molecule is C[C@H](/C=C/CCn1cc(C(CO)c2ccccc2)nn1)[C@@]1(O)C(=O)N(Cc2cccc(N3C(=O)c4ccccc4Oc4ccccc43)c2)c2ccccc21. The number of ether oxygens (including phenoxy) is 1. The Morgan fingerprint density at radius 1 is 0.833 bits per heavy atom. The van der Waals surface area contributed by atoms with Gasteiger partial charge in [0.1, 0.15) is 5.75 Å². The van der Waals surface area contributed by atoms with Gasteiger partial charge < -0.3 is 19.8 Å². The molecular weight excluding hydrogens is 679 g/mol. The Labute approximate surface area is 313 Å². The second-order valence-electron chi connectivity index (χ2n) is 13.6. The smallest absolute Gasteiger partial charge is 0.266 e. The molecule has 2 N–H and O–H groups in total. The quantitative estimate of drug-likeness (QED) is 0.133. The molecule has 10 nitrogen and oxygen atoms in total. The van der Waals surface area contributed by atoms with E-state index in [-0.39, 0.29) is 25.0 Å². The Hall–Kier alpha value is -6.36. The molecular formula is C44H39N5O5. The number of anilines is 3. The number of aromatic nitrogens is 3. The summed E-state index contributed by atoms with van der Waals surface area (Å²) in [5, 5.41) is 30.8. The van der Waals surface area contributed by atoms with Crippen molar-refractivity contribution in [3.63, 3.8) is 0 Å². The third-order valence-corrected chi connectivity index (χ3v) is 10.2. The lowest BCUT2D eigenvalue weighted by Gasteiger charge is -2.28. The number of benzene rings is 5. The van der Waals surface area contributed by atoms with Crippen LogP contribution in [-0.2, 0) is 23.5 Å². The normalized spacial score (nSPS) is 17.5. The lowest BCUT2D eigenvalue weighted by atomic mass is 9.83. The number of hydrogen-bond donors (Lipinski definition) is 2. The van der Waals surface area contributed by atoms with Crippen LogP contribution in [0.25, 0.3) is 0 Å².